The maximum absolute atomic E-state index is 13.2. The lowest BCUT2D eigenvalue weighted by Crippen LogP contribution is -2.29. The van der Waals surface area contributed by atoms with Gasteiger partial charge in [-0.25, -0.2) is 4.39 Å². The standard InChI is InChI=1S/C19H15F4NO/c20-12-6-4-11(5-7-12)18-15-3-1-2-14(15)16-10-13(25-19(21,22)23)8-9-17(16)24-18/h1-2,4-10,14-15,18,24H,3H2. The fraction of sp³-hybridized carbons (Fsp3) is 0.263. The summed E-state index contributed by atoms with van der Waals surface area (Å²) in [6.07, 6.45) is 0.166. The van der Waals surface area contributed by atoms with Gasteiger partial charge in [0.15, 0.2) is 0 Å². The maximum atomic E-state index is 13.2. The minimum atomic E-state index is -4.71. The van der Waals surface area contributed by atoms with Gasteiger partial charge in [0.05, 0.1) is 6.04 Å². The molecule has 130 valence electrons. The molecular weight excluding hydrogens is 334 g/mol. The minimum absolute atomic E-state index is 0.00286. The lowest BCUT2D eigenvalue weighted by Gasteiger charge is -2.37. The summed E-state index contributed by atoms with van der Waals surface area (Å²) in [5.74, 6) is -0.343. The second-order valence-corrected chi connectivity index (χ2v) is 6.32. The summed E-state index contributed by atoms with van der Waals surface area (Å²) >= 11 is 0. The first-order valence-electron chi connectivity index (χ1n) is 7.99. The number of halogens is 4. The van der Waals surface area contributed by atoms with E-state index in [1.54, 1.807) is 18.2 Å². The summed E-state index contributed by atoms with van der Waals surface area (Å²) in [7, 11) is 0. The van der Waals surface area contributed by atoms with Crippen molar-refractivity contribution < 1.29 is 22.3 Å². The van der Waals surface area contributed by atoms with E-state index in [1.807, 2.05) is 12.2 Å². The van der Waals surface area contributed by atoms with Gasteiger partial charge in [-0.3, -0.25) is 0 Å². The zero-order valence-electron chi connectivity index (χ0n) is 13.1. The average molecular weight is 349 g/mol. The Morgan fingerprint density at radius 2 is 1.80 bits per heavy atom. The number of hydrogen-bond acceptors (Lipinski definition) is 2. The van der Waals surface area contributed by atoms with Crippen LogP contribution >= 0.6 is 0 Å². The highest BCUT2D eigenvalue weighted by atomic mass is 19.4. The van der Waals surface area contributed by atoms with Crippen molar-refractivity contribution in [3.8, 4) is 5.75 Å². The highest BCUT2D eigenvalue weighted by molar-refractivity contribution is 5.61. The molecule has 0 fully saturated rings. The van der Waals surface area contributed by atoms with E-state index in [0.29, 0.717) is 0 Å². The molecule has 2 aliphatic rings. The number of hydrogen-bond donors (Lipinski definition) is 1. The predicted molar refractivity (Wildman–Crippen MR) is 85.9 cm³/mol. The van der Waals surface area contributed by atoms with Crippen molar-refractivity contribution in [2.75, 3.05) is 5.32 Å². The minimum Gasteiger partial charge on any atom is -0.406 e. The van der Waals surface area contributed by atoms with Crippen LogP contribution in [0.5, 0.6) is 5.75 Å². The molecule has 0 radical (unpaired) electrons. The van der Waals surface area contributed by atoms with Crippen LogP contribution in [0.15, 0.2) is 54.6 Å². The van der Waals surface area contributed by atoms with E-state index in [2.05, 4.69) is 10.1 Å². The molecule has 2 nitrogen and oxygen atoms in total. The second-order valence-electron chi connectivity index (χ2n) is 6.32. The van der Waals surface area contributed by atoms with Crippen LogP contribution in [0.1, 0.15) is 29.5 Å². The van der Waals surface area contributed by atoms with Gasteiger partial charge in [0, 0.05) is 11.6 Å². The Bertz CT molecular complexity index is 813. The van der Waals surface area contributed by atoms with E-state index < -0.39 is 6.36 Å². The highest BCUT2D eigenvalue weighted by Gasteiger charge is 2.39. The van der Waals surface area contributed by atoms with Gasteiger partial charge in [0.1, 0.15) is 11.6 Å². The molecule has 2 aromatic rings. The van der Waals surface area contributed by atoms with E-state index in [-0.39, 0.29) is 29.4 Å². The van der Waals surface area contributed by atoms with Crippen LogP contribution in [0.4, 0.5) is 23.2 Å². The third kappa shape index (κ3) is 3.08. The third-order valence-corrected chi connectivity index (χ3v) is 4.80. The van der Waals surface area contributed by atoms with Crippen LogP contribution in [0, 0.1) is 11.7 Å². The van der Waals surface area contributed by atoms with Crippen LogP contribution in [0.25, 0.3) is 0 Å². The van der Waals surface area contributed by atoms with Crippen molar-refractivity contribution in [1.82, 2.24) is 0 Å². The van der Waals surface area contributed by atoms with Crippen molar-refractivity contribution in [2.24, 2.45) is 5.92 Å². The molecule has 0 aromatic heterocycles. The lowest BCUT2D eigenvalue weighted by molar-refractivity contribution is -0.274. The van der Waals surface area contributed by atoms with Crippen LogP contribution in [0.2, 0.25) is 0 Å². The molecule has 1 N–H and O–H groups in total. The molecule has 6 heteroatoms. The molecule has 3 atom stereocenters. The number of anilines is 1. The fourth-order valence-corrected chi connectivity index (χ4v) is 3.77. The number of alkyl halides is 3. The summed E-state index contributed by atoms with van der Waals surface area (Å²) in [6.45, 7) is 0. The monoisotopic (exact) mass is 349 g/mol. The fourth-order valence-electron chi connectivity index (χ4n) is 3.77. The van der Waals surface area contributed by atoms with Crippen LogP contribution in [-0.2, 0) is 0 Å². The first-order chi connectivity index (χ1) is 11.9. The van der Waals surface area contributed by atoms with Gasteiger partial charge >= 0.3 is 6.36 Å². The van der Waals surface area contributed by atoms with E-state index in [4.69, 9.17) is 0 Å². The van der Waals surface area contributed by atoms with Crippen molar-refractivity contribution in [3.05, 3.63) is 71.6 Å². The van der Waals surface area contributed by atoms with Gasteiger partial charge in [0.2, 0.25) is 0 Å². The summed E-state index contributed by atoms with van der Waals surface area (Å²) in [6, 6.07) is 10.7. The summed E-state index contributed by atoms with van der Waals surface area (Å²) < 4.78 is 54.7. The molecule has 1 heterocycles. The van der Waals surface area contributed by atoms with Gasteiger partial charge in [-0.1, -0.05) is 24.3 Å². The molecule has 0 saturated carbocycles. The zero-order chi connectivity index (χ0) is 17.6. The molecule has 2 aromatic carbocycles. The molecule has 1 aliphatic heterocycles. The molecule has 1 aliphatic carbocycles. The van der Waals surface area contributed by atoms with Crippen molar-refractivity contribution in [2.45, 2.75) is 24.7 Å². The smallest absolute Gasteiger partial charge is 0.406 e. The van der Waals surface area contributed by atoms with Gasteiger partial charge in [-0.15, -0.1) is 13.2 Å². The average Bonchev–Trinajstić information content (AvgIpc) is 3.03. The Labute approximate surface area is 142 Å². The van der Waals surface area contributed by atoms with Crippen LogP contribution in [-0.4, -0.2) is 6.36 Å². The van der Waals surface area contributed by atoms with Gasteiger partial charge in [0.25, 0.3) is 0 Å². The Balaban J connectivity index is 1.70. The summed E-state index contributed by atoms with van der Waals surface area (Å²) in [5.41, 5.74) is 2.52. The number of fused-ring (bicyclic) bond motifs is 3. The number of nitrogens with one attached hydrogen (secondary N) is 1. The summed E-state index contributed by atoms with van der Waals surface area (Å²) in [4.78, 5) is 0. The van der Waals surface area contributed by atoms with E-state index in [0.717, 1.165) is 23.2 Å². The molecule has 3 unspecified atom stereocenters. The predicted octanol–water partition coefficient (Wildman–Crippen LogP) is 5.55. The lowest BCUT2D eigenvalue weighted by atomic mass is 9.77. The third-order valence-electron chi connectivity index (χ3n) is 4.80. The molecule has 0 spiro atoms. The molecule has 4 rings (SSSR count). The SMILES string of the molecule is Fc1ccc(C2Nc3ccc(OC(F)(F)F)cc3C3C=CCC32)cc1. The van der Waals surface area contributed by atoms with E-state index >= 15 is 0 Å². The second kappa shape index (κ2) is 5.79. The molecule has 0 saturated heterocycles. The highest BCUT2D eigenvalue weighted by Crippen LogP contribution is 2.50. The van der Waals surface area contributed by atoms with Gasteiger partial charge in [-0.05, 0) is 53.8 Å². The van der Waals surface area contributed by atoms with Crippen molar-refractivity contribution in [1.29, 1.82) is 0 Å². The Morgan fingerprint density at radius 1 is 1.04 bits per heavy atom. The number of rotatable bonds is 2. The quantitative estimate of drug-likeness (QED) is 0.567. The van der Waals surface area contributed by atoms with E-state index in [9.17, 15) is 17.6 Å². The zero-order valence-corrected chi connectivity index (χ0v) is 13.1. The van der Waals surface area contributed by atoms with Crippen LogP contribution < -0.4 is 10.1 Å². The molecular formula is C19H15F4NO. The first-order valence-corrected chi connectivity index (χ1v) is 7.99. The number of allylic oxidation sites excluding steroid dienone is 2. The summed E-state index contributed by atoms with van der Waals surface area (Å²) in [5, 5.41) is 3.39. The van der Waals surface area contributed by atoms with Crippen molar-refractivity contribution in [3.63, 3.8) is 0 Å². The van der Waals surface area contributed by atoms with Gasteiger partial charge in [-0.2, -0.15) is 0 Å². The topological polar surface area (TPSA) is 21.3 Å². The number of ether oxygens (including phenoxy) is 1. The normalized spacial score (nSPS) is 24.4. The Hall–Kier alpha value is -2.50. The largest absolute Gasteiger partial charge is 0.573 e. The molecule has 25 heavy (non-hydrogen) atoms. The first kappa shape index (κ1) is 16.0. The van der Waals surface area contributed by atoms with E-state index in [1.165, 1.54) is 24.3 Å². The number of benzene rings is 2. The maximum Gasteiger partial charge on any atom is 0.573 e. The van der Waals surface area contributed by atoms with Gasteiger partial charge < -0.3 is 10.1 Å². The molecule has 0 amide bonds. The van der Waals surface area contributed by atoms with Crippen LogP contribution in [0.3, 0.4) is 0 Å². The Morgan fingerprint density at radius 3 is 2.52 bits per heavy atom. The molecule has 0 bridgehead atoms. The van der Waals surface area contributed by atoms with Crippen molar-refractivity contribution >= 4 is 5.69 Å². The Kier molecular flexibility index (Phi) is 3.71.